The van der Waals surface area contributed by atoms with E-state index in [1.165, 1.54) is 51.4 Å². The molecule has 0 amide bonds. The number of esters is 2. The lowest BCUT2D eigenvalue weighted by atomic mass is 9.94. The second-order valence-corrected chi connectivity index (χ2v) is 8.74. The minimum Gasteiger partial charge on any atom is -0.466 e. The van der Waals surface area contributed by atoms with Crippen LogP contribution in [0.5, 0.6) is 0 Å². The van der Waals surface area contributed by atoms with Crippen molar-refractivity contribution in [3.8, 4) is 0 Å². The summed E-state index contributed by atoms with van der Waals surface area (Å²) in [5.74, 6) is -0.855. The molecule has 0 unspecified atom stereocenters. The minimum atomic E-state index is -0.326. The second kappa shape index (κ2) is 21.8. The van der Waals surface area contributed by atoms with E-state index in [1.54, 1.807) is 0 Å². The van der Waals surface area contributed by atoms with Crippen molar-refractivity contribution in [1.82, 2.24) is 0 Å². The first-order chi connectivity index (χ1) is 15.0. The molecule has 0 rings (SSSR count). The largest absolute Gasteiger partial charge is 0.466 e. The first kappa shape index (κ1) is 29.6. The summed E-state index contributed by atoms with van der Waals surface area (Å²) in [5.41, 5.74) is 0. The number of Topliss-reactive ketones (excluding diaryl/α,β-unsaturated/α-hetero) is 1. The van der Waals surface area contributed by atoms with E-state index in [-0.39, 0.29) is 42.9 Å². The molecule has 0 aromatic rings. The number of carbonyl (C=O) groups excluding carboxylic acids is 3. The number of rotatable bonds is 22. The van der Waals surface area contributed by atoms with Crippen molar-refractivity contribution < 1.29 is 23.9 Å². The fraction of sp³-hybridized carbons (Fsp3) is 0.885. The SMILES string of the molecule is CCCCCCCCOC(=O)CC(CC(=O)CCC)CC(=O)OCCCCCCCC. The zero-order valence-corrected chi connectivity index (χ0v) is 20.6. The molecule has 0 aliphatic heterocycles. The highest BCUT2D eigenvalue weighted by atomic mass is 16.5. The maximum atomic E-state index is 12.2. The lowest BCUT2D eigenvalue weighted by Gasteiger charge is -2.15. The molecule has 0 atom stereocenters. The predicted octanol–water partition coefficient (Wildman–Crippen LogP) is 6.95. The van der Waals surface area contributed by atoms with Gasteiger partial charge in [-0.3, -0.25) is 14.4 Å². The van der Waals surface area contributed by atoms with Crippen LogP contribution in [0.2, 0.25) is 0 Å². The van der Waals surface area contributed by atoms with Crippen LogP contribution >= 0.6 is 0 Å². The van der Waals surface area contributed by atoms with E-state index in [9.17, 15) is 14.4 Å². The number of ketones is 1. The zero-order chi connectivity index (χ0) is 23.2. The van der Waals surface area contributed by atoms with Crippen molar-refractivity contribution in [3.05, 3.63) is 0 Å². The molecule has 0 fully saturated rings. The maximum absolute atomic E-state index is 12.2. The quantitative estimate of drug-likeness (QED) is 0.135. The highest BCUT2D eigenvalue weighted by Crippen LogP contribution is 2.18. The molecule has 0 N–H and O–H groups in total. The third-order valence-corrected chi connectivity index (χ3v) is 5.48. The second-order valence-electron chi connectivity index (χ2n) is 8.74. The summed E-state index contributed by atoms with van der Waals surface area (Å²) in [4.78, 5) is 36.5. The Hall–Kier alpha value is -1.39. The lowest BCUT2D eigenvalue weighted by Crippen LogP contribution is -2.20. The van der Waals surface area contributed by atoms with E-state index in [4.69, 9.17) is 9.47 Å². The average molecular weight is 441 g/mol. The minimum absolute atomic E-state index is 0.0972. The molecule has 0 radical (unpaired) electrons. The molecule has 0 saturated carbocycles. The van der Waals surface area contributed by atoms with Gasteiger partial charge in [0.15, 0.2) is 0 Å². The summed E-state index contributed by atoms with van der Waals surface area (Å²) < 4.78 is 10.7. The monoisotopic (exact) mass is 440 g/mol. The summed E-state index contributed by atoms with van der Waals surface area (Å²) in [6.45, 7) is 7.17. The Balaban J connectivity index is 4.21. The number of unbranched alkanes of at least 4 members (excludes halogenated alkanes) is 10. The highest BCUT2D eigenvalue weighted by Gasteiger charge is 2.22. The fourth-order valence-corrected chi connectivity index (χ4v) is 3.65. The van der Waals surface area contributed by atoms with Gasteiger partial charge in [-0.2, -0.15) is 0 Å². The van der Waals surface area contributed by atoms with Crippen LogP contribution in [0.4, 0.5) is 0 Å². The molecule has 0 spiro atoms. The molecule has 0 aromatic heterocycles. The Bertz CT molecular complexity index is 429. The molecule has 0 aliphatic rings. The van der Waals surface area contributed by atoms with Crippen LogP contribution < -0.4 is 0 Å². The third kappa shape index (κ3) is 20.3. The summed E-state index contributed by atoms with van der Waals surface area (Å²) in [5, 5.41) is 0. The van der Waals surface area contributed by atoms with Crippen molar-refractivity contribution in [2.45, 2.75) is 130 Å². The van der Waals surface area contributed by atoms with Gasteiger partial charge < -0.3 is 9.47 Å². The molecule has 0 heterocycles. The number of hydrogen-bond donors (Lipinski definition) is 0. The average Bonchev–Trinajstić information content (AvgIpc) is 2.72. The van der Waals surface area contributed by atoms with Crippen LogP contribution in [0, 0.1) is 5.92 Å². The molecular weight excluding hydrogens is 392 g/mol. The van der Waals surface area contributed by atoms with Crippen molar-refractivity contribution in [2.75, 3.05) is 13.2 Å². The Morgan fingerprint density at radius 1 is 0.548 bits per heavy atom. The molecule has 0 bridgehead atoms. The van der Waals surface area contributed by atoms with Gasteiger partial charge in [0.25, 0.3) is 0 Å². The fourth-order valence-electron chi connectivity index (χ4n) is 3.65. The van der Waals surface area contributed by atoms with Crippen LogP contribution in [0.3, 0.4) is 0 Å². The molecule has 182 valence electrons. The van der Waals surface area contributed by atoms with E-state index < -0.39 is 0 Å². The van der Waals surface area contributed by atoms with Gasteiger partial charge in [-0.15, -0.1) is 0 Å². The molecule has 0 saturated heterocycles. The Kier molecular flexibility index (Phi) is 20.8. The molecular formula is C26H48O5. The van der Waals surface area contributed by atoms with Crippen LogP contribution in [0.15, 0.2) is 0 Å². The van der Waals surface area contributed by atoms with Crippen LogP contribution in [-0.4, -0.2) is 30.9 Å². The van der Waals surface area contributed by atoms with Gasteiger partial charge >= 0.3 is 11.9 Å². The smallest absolute Gasteiger partial charge is 0.306 e. The van der Waals surface area contributed by atoms with E-state index in [1.807, 2.05) is 6.92 Å². The highest BCUT2D eigenvalue weighted by molar-refractivity contribution is 5.81. The van der Waals surface area contributed by atoms with Crippen molar-refractivity contribution in [1.29, 1.82) is 0 Å². The summed E-state index contributed by atoms with van der Waals surface area (Å²) in [6, 6.07) is 0. The van der Waals surface area contributed by atoms with E-state index >= 15 is 0 Å². The van der Waals surface area contributed by atoms with Crippen LogP contribution in [-0.2, 0) is 23.9 Å². The van der Waals surface area contributed by atoms with E-state index in [0.717, 1.165) is 32.1 Å². The standard InChI is InChI=1S/C26H48O5/c1-4-7-9-11-13-15-18-30-25(28)21-23(20-24(27)17-6-3)22-26(29)31-19-16-14-12-10-8-5-2/h23H,4-22H2,1-3H3. The topological polar surface area (TPSA) is 69.7 Å². The van der Waals surface area contributed by atoms with E-state index in [2.05, 4.69) is 13.8 Å². The third-order valence-electron chi connectivity index (χ3n) is 5.48. The number of ether oxygens (including phenoxy) is 2. The summed E-state index contributed by atoms with van der Waals surface area (Å²) in [6.07, 6.45) is 15.3. The van der Waals surface area contributed by atoms with E-state index in [0.29, 0.717) is 19.6 Å². The lowest BCUT2D eigenvalue weighted by molar-refractivity contribution is -0.147. The van der Waals surface area contributed by atoms with Crippen molar-refractivity contribution >= 4 is 17.7 Å². The maximum Gasteiger partial charge on any atom is 0.306 e. The van der Waals surface area contributed by atoms with Gasteiger partial charge in [0.05, 0.1) is 13.2 Å². The van der Waals surface area contributed by atoms with Gasteiger partial charge in [0.2, 0.25) is 0 Å². The predicted molar refractivity (Wildman–Crippen MR) is 126 cm³/mol. The van der Waals surface area contributed by atoms with Gasteiger partial charge in [-0.25, -0.2) is 0 Å². The zero-order valence-electron chi connectivity index (χ0n) is 20.6. The molecule has 5 heteroatoms. The number of hydrogen-bond acceptors (Lipinski definition) is 5. The van der Waals surface area contributed by atoms with Gasteiger partial charge in [-0.1, -0.05) is 85.0 Å². The first-order valence-corrected chi connectivity index (χ1v) is 12.9. The van der Waals surface area contributed by atoms with Gasteiger partial charge in [0.1, 0.15) is 5.78 Å². The Labute approximate surface area is 191 Å². The molecule has 0 aliphatic carbocycles. The van der Waals surface area contributed by atoms with Crippen molar-refractivity contribution in [2.24, 2.45) is 5.92 Å². The van der Waals surface area contributed by atoms with Gasteiger partial charge in [-0.05, 0) is 25.2 Å². The summed E-state index contributed by atoms with van der Waals surface area (Å²) >= 11 is 0. The van der Waals surface area contributed by atoms with Crippen LogP contribution in [0.1, 0.15) is 130 Å². The Morgan fingerprint density at radius 2 is 0.968 bits per heavy atom. The van der Waals surface area contributed by atoms with Crippen molar-refractivity contribution in [3.63, 3.8) is 0 Å². The Morgan fingerprint density at radius 3 is 1.39 bits per heavy atom. The first-order valence-electron chi connectivity index (χ1n) is 12.9. The summed E-state index contributed by atoms with van der Waals surface area (Å²) in [7, 11) is 0. The molecule has 5 nitrogen and oxygen atoms in total. The molecule has 31 heavy (non-hydrogen) atoms. The number of carbonyl (C=O) groups is 3. The molecule has 0 aromatic carbocycles. The van der Waals surface area contributed by atoms with Crippen LogP contribution in [0.25, 0.3) is 0 Å². The normalized spacial score (nSPS) is 11.0. The van der Waals surface area contributed by atoms with Gasteiger partial charge in [0, 0.05) is 25.7 Å².